The van der Waals surface area contributed by atoms with E-state index in [1.165, 1.54) is 5.56 Å². The van der Waals surface area contributed by atoms with E-state index < -0.39 is 0 Å². The van der Waals surface area contributed by atoms with Crippen molar-refractivity contribution in [3.8, 4) is 21.6 Å². The maximum atomic E-state index is 12.4. The molecule has 124 valence electrons. The van der Waals surface area contributed by atoms with Crippen LogP contribution in [0.1, 0.15) is 5.56 Å². The summed E-state index contributed by atoms with van der Waals surface area (Å²) < 4.78 is 3.56. The first-order valence-corrected chi connectivity index (χ1v) is 8.90. The lowest BCUT2D eigenvalue weighted by atomic mass is 10.1. The van der Waals surface area contributed by atoms with Gasteiger partial charge in [0.05, 0.1) is 18.3 Å². The average Bonchev–Trinajstić information content (AvgIpc) is 3.30. The standard InChI is InChI=1S/C20H17N3OS/c1-22-13-16(10-18(20(22)24)19-8-5-9-25-19)17-11-21-23(14-17)12-15-6-3-2-4-7-15/h2-11,13-14H,12H2,1H3. The summed E-state index contributed by atoms with van der Waals surface area (Å²) in [4.78, 5) is 13.4. The van der Waals surface area contributed by atoms with Crippen LogP contribution < -0.4 is 5.56 Å². The zero-order valence-corrected chi connectivity index (χ0v) is 14.6. The van der Waals surface area contributed by atoms with E-state index in [1.54, 1.807) is 23.0 Å². The number of benzene rings is 1. The first-order chi connectivity index (χ1) is 12.2. The van der Waals surface area contributed by atoms with Gasteiger partial charge in [-0.2, -0.15) is 5.10 Å². The van der Waals surface area contributed by atoms with Crippen molar-refractivity contribution >= 4 is 11.3 Å². The van der Waals surface area contributed by atoms with Crippen LogP contribution in [-0.2, 0) is 13.6 Å². The van der Waals surface area contributed by atoms with Gasteiger partial charge >= 0.3 is 0 Å². The Balaban J connectivity index is 1.70. The fourth-order valence-corrected chi connectivity index (χ4v) is 3.58. The lowest BCUT2D eigenvalue weighted by Gasteiger charge is -2.06. The van der Waals surface area contributed by atoms with E-state index in [9.17, 15) is 4.79 Å². The van der Waals surface area contributed by atoms with Gasteiger partial charge in [-0.05, 0) is 23.1 Å². The lowest BCUT2D eigenvalue weighted by molar-refractivity contribution is 0.687. The fourth-order valence-electron chi connectivity index (χ4n) is 2.85. The highest BCUT2D eigenvalue weighted by molar-refractivity contribution is 7.13. The predicted octanol–water partition coefficient (Wildman–Crippen LogP) is 4.03. The first-order valence-electron chi connectivity index (χ1n) is 8.02. The van der Waals surface area contributed by atoms with Crippen molar-refractivity contribution in [3.05, 3.63) is 88.4 Å². The van der Waals surface area contributed by atoms with Crippen LogP contribution in [0.3, 0.4) is 0 Å². The highest BCUT2D eigenvalue weighted by atomic mass is 32.1. The molecule has 0 spiro atoms. The zero-order valence-electron chi connectivity index (χ0n) is 13.8. The highest BCUT2D eigenvalue weighted by Gasteiger charge is 2.11. The predicted molar refractivity (Wildman–Crippen MR) is 102 cm³/mol. The molecule has 3 heterocycles. The van der Waals surface area contributed by atoms with Crippen molar-refractivity contribution in [1.29, 1.82) is 0 Å². The second-order valence-corrected chi connectivity index (χ2v) is 6.90. The molecule has 0 aliphatic rings. The molecule has 0 radical (unpaired) electrons. The van der Waals surface area contributed by atoms with E-state index in [0.29, 0.717) is 0 Å². The number of hydrogen-bond acceptors (Lipinski definition) is 3. The molecule has 3 aromatic heterocycles. The topological polar surface area (TPSA) is 39.8 Å². The van der Waals surface area contributed by atoms with Crippen molar-refractivity contribution in [2.45, 2.75) is 6.54 Å². The third-order valence-corrected chi connectivity index (χ3v) is 5.03. The van der Waals surface area contributed by atoms with Crippen LogP contribution in [0.25, 0.3) is 21.6 Å². The molecule has 4 aromatic rings. The maximum Gasteiger partial charge on any atom is 0.259 e. The van der Waals surface area contributed by atoms with E-state index in [-0.39, 0.29) is 5.56 Å². The van der Waals surface area contributed by atoms with Gasteiger partial charge in [0.2, 0.25) is 0 Å². The molecule has 4 nitrogen and oxygen atoms in total. The summed E-state index contributed by atoms with van der Waals surface area (Å²) >= 11 is 1.58. The normalized spacial score (nSPS) is 10.9. The number of aryl methyl sites for hydroxylation is 1. The molecule has 0 N–H and O–H groups in total. The Bertz CT molecular complexity index is 1050. The van der Waals surface area contributed by atoms with Crippen LogP contribution in [0.2, 0.25) is 0 Å². The Hall–Kier alpha value is -2.92. The maximum absolute atomic E-state index is 12.4. The molecule has 0 aliphatic heterocycles. The van der Waals surface area contributed by atoms with Gasteiger partial charge < -0.3 is 4.57 Å². The van der Waals surface area contributed by atoms with Crippen molar-refractivity contribution < 1.29 is 0 Å². The molecule has 4 rings (SSSR count). The number of thiophene rings is 1. The van der Waals surface area contributed by atoms with Gasteiger partial charge in [0.15, 0.2) is 0 Å². The minimum absolute atomic E-state index is 0.0166. The zero-order chi connectivity index (χ0) is 17.2. The third-order valence-electron chi connectivity index (χ3n) is 4.12. The van der Waals surface area contributed by atoms with E-state index >= 15 is 0 Å². The van der Waals surface area contributed by atoms with Crippen molar-refractivity contribution in [2.24, 2.45) is 7.05 Å². The molecular weight excluding hydrogens is 330 g/mol. The minimum atomic E-state index is 0.0166. The van der Waals surface area contributed by atoms with Crippen LogP contribution in [0.4, 0.5) is 0 Å². The van der Waals surface area contributed by atoms with Crippen LogP contribution >= 0.6 is 11.3 Å². The van der Waals surface area contributed by atoms with Crippen molar-refractivity contribution in [2.75, 3.05) is 0 Å². The van der Waals surface area contributed by atoms with Crippen LogP contribution in [0, 0.1) is 0 Å². The van der Waals surface area contributed by atoms with E-state index in [0.717, 1.165) is 28.1 Å². The smallest absolute Gasteiger partial charge is 0.259 e. The molecule has 0 fully saturated rings. The fraction of sp³-hybridized carbons (Fsp3) is 0.100. The molecule has 0 atom stereocenters. The van der Waals surface area contributed by atoms with Crippen LogP contribution in [0.15, 0.2) is 77.3 Å². The summed E-state index contributed by atoms with van der Waals surface area (Å²) in [6, 6.07) is 16.1. The van der Waals surface area contributed by atoms with Gasteiger partial charge in [-0.15, -0.1) is 11.3 Å². The summed E-state index contributed by atoms with van der Waals surface area (Å²) in [6.45, 7) is 0.727. The van der Waals surface area contributed by atoms with Gasteiger partial charge in [-0.1, -0.05) is 36.4 Å². The molecule has 0 saturated heterocycles. The molecule has 5 heteroatoms. The van der Waals surface area contributed by atoms with Gasteiger partial charge in [0.25, 0.3) is 5.56 Å². The highest BCUT2D eigenvalue weighted by Crippen LogP contribution is 2.26. The number of hydrogen-bond donors (Lipinski definition) is 0. The molecular formula is C20H17N3OS. The summed E-state index contributed by atoms with van der Waals surface area (Å²) in [5.41, 5.74) is 3.94. The number of rotatable bonds is 4. The second kappa shape index (κ2) is 6.53. The molecule has 25 heavy (non-hydrogen) atoms. The van der Waals surface area contributed by atoms with E-state index in [1.807, 2.05) is 65.1 Å². The Kier molecular flexibility index (Phi) is 4.07. The first kappa shape index (κ1) is 15.6. The number of pyridine rings is 1. The average molecular weight is 347 g/mol. The Morgan fingerprint density at radius 1 is 1.04 bits per heavy atom. The van der Waals surface area contributed by atoms with Crippen LogP contribution in [-0.4, -0.2) is 14.3 Å². The SMILES string of the molecule is Cn1cc(-c2cnn(Cc3ccccc3)c2)cc(-c2cccs2)c1=O. The van der Waals surface area contributed by atoms with Gasteiger partial charge in [0, 0.05) is 35.4 Å². The second-order valence-electron chi connectivity index (χ2n) is 5.95. The van der Waals surface area contributed by atoms with E-state index in [2.05, 4.69) is 17.2 Å². The van der Waals surface area contributed by atoms with E-state index in [4.69, 9.17) is 0 Å². The summed E-state index contributed by atoms with van der Waals surface area (Å²) in [6.07, 6.45) is 5.73. The Morgan fingerprint density at radius 2 is 1.88 bits per heavy atom. The quantitative estimate of drug-likeness (QED) is 0.559. The monoisotopic (exact) mass is 347 g/mol. The van der Waals surface area contributed by atoms with Crippen molar-refractivity contribution in [1.82, 2.24) is 14.3 Å². The minimum Gasteiger partial charge on any atom is -0.317 e. The molecule has 0 bridgehead atoms. The van der Waals surface area contributed by atoms with Crippen LogP contribution in [0.5, 0.6) is 0 Å². The molecule has 0 amide bonds. The Labute approximate surface area is 149 Å². The van der Waals surface area contributed by atoms with Crippen molar-refractivity contribution in [3.63, 3.8) is 0 Å². The summed E-state index contributed by atoms with van der Waals surface area (Å²) in [5.74, 6) is 0. The number of aromatic nitrogens is 3. The lowest BCUT2D eigenvalue weighted by Crippen LogP contribution is -2.17. The largest absolute Gasteiger partial charge is 0.317 e. The summed E-state index contributed by atoms with van der Waals surface area (Å²) in [5, 5.41) is 6.45. The third kappa shape index (κ3) is 3.19. The summed E-state index contributed by atoms with van der Waals surface area (Å²) in [7, 11) is 1.79. The molecule has 0 aliphatic carbocycles. The molecule has 0 saturated carbocycles. The molecule has 1 aromatic carbocycles. The van der Waals surface area contributed by atoms with Gasteiger partial charge in [0.1, 0.15) is 0 Å². The number of nitrogens with zero attached hydrogens (tertiary/aromatic N) is 3. The Morgan fingerprint density at radius 3 is 2.64 bits per heavy atom. The molecule has 0 unspecified atom stereocenters. The van der Waals surface area contributed by atoms with Gasteiger partial charge in [-0.3, -0.25) is 9.48 Å². The van der Waals surface area contributed by atoms with Gasteiger partial charge in [-0.25, -0.2) is 0 Å².